The van der Waals surface area contributed by atoms with Gasteiger partial charge in [0.2, 0.25) is 0 Å². The summed E-state index contributed by atoms with van der Waals surface area (Å²) in [5.41, 5.74) is 1.07. The van der Waals surface area contributed by atoms with Gasteiger partial charge in [-0.25, -0.2) is 4.72 Å². The van der Waals surface area contributed by atoms with Crippen molar-refractivity contribution in [1.82, 2.24) is 4.72 Å². The van der Waals surface area contributed by atoms with Gasteiger partial charge in [0.1, 0.15) is 12.7 Å². The van der Waals surface area contributed by atoms with Crippen molar-refractivity contribution in [3.63, 3.8) is 0 Å². The van der Waals surface area contributed by atoms with Gasteiger partial charge in [-0.3, -0.25) is 4.21 Å². The standard InChI is InChI=1S/C10H13NO4S/c1-7-2-3-9-10(4-7)15-8(6-14-9)5-11-16(12)13/h2-4,8,11H,5-6H2,1H3,(H,12,13)/p-1/t8-/m0/s1. The van der Waals surface area contributed by atoms with Crippen LogP contribution in [0.15, 0.2) is 18.2 Å². The predicted octanol–water partition coefficient (Wildman–Crippen LogP) is 0.519. The highest BCUT2D eigenvalue weighted by Crippen LogP contribution is 2.32. The number of fused-ring (bicyclic) bond motifs is 1. The number of benzene rings is 1. The molecule has 0 amide bonds. The summed E-state index contributed by atoms with van der Waals surface area (Å²) < 4.78 is 34.0. The SMILES string of the molecule is Cc1ccc2c(c1)O[C@@H](CNS(=O)[O-])CO2. The van der Waals surface area contributed by atoms with Crippen LogP contribution < -0.4 is 14.2 Å². The maximum Gasteiger partial charge on any atom is 0.162 e. The minimum atomic E-state index is -2.27. The Labute approximate surface area is 96.2 Å². The lowest BCUT2D eigenvalue weighted by molar-refractivity contribution is 0.0941. The Morgan fingerprint density at radius 1 is 1.56 bits per heavy atom. The zero-order valence-electron chi connectivity index (χ0n) is 8.76. The molecule has 0 radical (unpaired) electrons. The van der Waals surface area contributed by atoms with E-state index in [1.807, 2.05) is 25.1 Å². The smallest absolute Gasteiger partial charge is 0.162 e. The zero-order valence-corrected chi connectivity index (χ0v) is 9.58. The highest BCUT2D eigenvalue weighted by molar-refractivity contribution is 7.77. The molecule has 1 aromatic carbocycles. The van der Waals surface area contributed by atoms with E-state index in [2.05, 4.69) is 4.72 Å². The molecule has 0 aliphatic carbocycles. The number of rotatable bonds is 3. The predicted molar refractivity (Wildman–Crippen MR) is 58.0 cm³/mol. The quantitative estimate of drug-likeness (QED) is 0.784. The molecule has 1 aromatic rings. The molecule has 0 bridgehead atoms. The van der Waals surface area contributed by atoms with E-state index in [0.717, 1.165) is 5.56 Å². The van der Waals surface area contributed by atoms with Gasteiger partial charge in [0.25, 0.3) is 0 Å². The van der Waals surface area contributed by atoms with E-state index >= 15 is 0 Å². The van der Waals surface area contributed by atoms with Gasteiger partial charge in [0.15, 0.2) is 11.5 Å². The monoisotopic (exact) mass is 242 g/mol. The number of hydrogen-bond acceptors (Lipinski definition) is 4. The Balaban J connectivity index is 2.02. The summed E-state index contributed by atoms with van der Waals surface area (Å²) in [6.07, 6.45) is -0.285. The van der Waals surface area contributed by atoms with Crippen molar-refractivity contribution in [1.29, 1.82) is 0 Å². The number of hydrogen-bond donors (Lipinski definition) is 1. The summed E-state index contributed by atoms with van der Waals surface area (Å²) in [7, 11) is 0. The van der Waals surface area contributed by atoms with Crippen molar-refractivity contribution in [3.8, 4) is 11.5 Å². The summed E-state index contributed by atoms with van der Waals surface area (Å²) >= 11 is -2.27. The number of nitrogens with one attached hydrogen (secondary N) is 1. The Morgan fingerprint density at radius 2 is 2.38 bits per heavy atom. The van der Waals surface area contributed by atoms with Crippen LogP contribution in [-0.4, -0.2) is 28.0 Å². The van der Waals surface area contributed by atoms with Gasteiger partial charge in [-0.1, -0.05) is 6.07 Å². The molecule has 0 aromatic heterocycles. The molecule has 1 aliphatic rings. The van der Waals surface area contributed by atoms with Crippen molar-refractivity contribution in [2.45, 2.75) is 13.0 Å². The molecule has 88 valence electrons. The van der Waals surface area contributed by atoms with Gasteiger partial charge >= 0.3 is 0 Å². The molecule has 1 N–H and O–H groups in total. The molecule has 2 atom stereocenters. The summed E-state index contributed by atoms with van der Waals surface area (Å²) in [5.74, 6) is 1.36. The topological polar surface area (TPSA) is 70.6 Å². The van der Waals surface area contributed by atoms with E-state index in [4.69, 9.17) is 9.47 Å². The fourth-order valence-electron chi connectivity index (χ4n) is 1.48. The maximum absolute atomic E-state index is 10.3. The molecule has 2 rings (SSSR count). The molecule has 5 nitrogen and oxygen atoms in total. The highest BCUT2D eigenvalue weighted by Gasteiger charge is 2.20. The first-order valence-corrected chi connectivity index (χ1v) is 5.95. The van der Waals surface area contributed by atoms with E-state index in [0.29, 0.717) is 18.1 Å². The Kier molecular flexibility index (Phi) is 3.42. The third-order valence-electron chi connectivity index (χ3n) is 2.25. The first-order valence-electron chi connectivity index (χ1n) is 4.88. The Bertz CT molecular complexity index is 410. The van der Waals surface area contributed by atoms with E-state index in [9.17, 15) is 8.76 Å². The van der Waals surface area contributed by atoms with Crippen LogP contribution in [0, 0.1) is 6.92 Å². The van der Waals surface area contributed by atoms with Crippen molar-refractivity contribution < 1.29 is 18.2 Å². The van der Waals surface area contributed by atoms with Crippen molar-refractivity contribution in [2.24, 2.45) is 0 Å². The van der Waals surface area contributed by atoms with Crippen molar-refractivity contribution >= 4 is 11.3 Å². The van der Waals surface area contributed by atoms with Crippen LogP contribution in [0.2, 0.25) is 0 Å². The van der Waals surface area contributed by atoms with Crippen molar-refractivity contribution in [3.05, 3.63) is 23.8 Å². The fourth-order valence-corrected chi connectivity index (χ4v) is 1.81. The van der Waals surface area contributed by atoms with Crippen LogP contribution in [-0.2, 0) is 11.3 Å². The van der Waals surface area contributed by atoms with E-state index in [1.165, 1.54) is 0 Å². The molecule has 0 saturated heterocycles. The van der Waals surface area contributed by atoms with Crippen LogP contribution in [0.25, 0.3) is 0 Å². The summed E-state index contributed by atoms with van der Waals surface area (Å²) in [5, 5.41) is 0. The van der Waals surface area contributed by atoms with Crippen molar-refractivity contribution in [2.75, 3.05) is 13.2 Å². The van der Waals surface area contributed by atoms with E-state index < -0.39 is 11.3 Å². The molecule has 0 saturated carbocycles. The molecular formula is C10H12NO4S-. The first kappa shape index (κ1) is 11.4. The summed E-state index contributed by atoms with van der Waals surface area (Å²) in [6.45, 7) is 2.52. The van der Waals surface area contributed by atoms with E-state index in [-0.39, 0.29) is 12.6 Å². The molecule has 1 heterocycles. The van der Waals surface area contributed by atoms with Gasteiger partial charge < -0.3 is 14.0 Å². The summed E-state index contributed by atoms with van der Waals surface area (Å²) in [6, 6.07) is 5.66. The fraction of sp³-hybridized carbons (Fsp3) is 0.400. The molecule has 1 aliphatic heterocycles. The average molecular weight is 242 g/mol. The van der Waals surface area contributed by atoms with Gasteiger partial charge in [-0.2, -0.15) is 0 Å². The number of ether oxygens (including phenoxy) is 2. The first-order chi connectivity index (χ1) is 7.65. The largest absolute Gasteiger partial charge is 0.760 e. The lowest BCUT2D eigenvalue weighted by Gasteiger charge is -2.27. The number of aryl methyl sites for hydroxylation is 1. The van der Waals surface area contributed by atoms with Crippen LogP contribution in [0.3, 0.4) is 0 Å². The Hall–Kier alpha value is -1.11. The minimum Gasteiger partial charge on any atom is -0.760 e. The average Bonchev–Trinajstić information content (AvgIpc) is 2.25. The lowest BCUT2D eigenvalue weighted by Crippen LogP contribution is -2.39. The van der Waals surface area contributed by atoms with Crippen LogP contribution >= 0.6 is 0 Å². The molecule has 1 unspecified atom stereocenters. The second kappa shape index (κ2) is 4.82. The second-order valence-corrected chi connectivity index (χ2v) is 4.34. The zero-order chi connectivity index (χ0) is 11.5. The lowest BCUT2D eigenvalue weighted by atomic mass is 10.2. The van der Waals surface area contributed by atoms with Gasteiger partial charge in [0, 0.05) is 17.8 Å². The van der Waals surface area contributed by atoms with Crippen LogP contribution in [0.4, 0.5) is 0 Å². The molecule has 0 fully saturated rings. The second-order valence-electron chi connectivity index (χ2n) is 3.58. The molecular weight excluding hydrogens is 230 g/mol. The van der Waals surface area contributed by atoms with Crippen LogP contribution in [0.1, 0.15) is 5.56 Å². The molecule has 16 heavy (non-hydrogen) atoms. The van der Waals surface area contributed by atoms with Crippen LogP contribution in [0.5, 0.6) is 11.5 Å². The van der Waals surface area contributed by atoms with Gasteiger partial charge in [-0.05, 0) is 24.6 Å². The van der Waals surface area contributed by atoms with Gasteiger partial charge in [-0.15, -0.1) is 0 Å². The van der Waals surface area contributed by atoms with Gasteiger partial charge in [0.05, 0.1) is 0 Å². The summed E-state index contributed by atoms with van der Waals surface area (Å²) in [4.78, 5) is 0. The minimum absolute atomic E-state index is 0.212. The third kappa shape index (κ3) is 2.72. The maximum atomic E-state index is 10.3. The van der Waals surface area contributed by atoms with E-state index in [1.54, 1.807) is 0 Å². The molecule has 6 heteroatoms. The Morgan fingerprint density at radius 3 is 3.12 bits per heavy atom. The highest BCUT2D eigenvalue weighted by atomic mass is 32.2. The third-order valence-corrected chi connectivity index (χ3v) is 2.65. The normalized spacial score (nSPS) is 20.5. The molecule has 0 spiro atoms.